The molecule has 0 fully saturated rings. The minimum Gasteiger partial charge on any atom is -0.484 e. The lowest BCUT2D eigenvalue weighted by molar-refractivity contribution is -0.118. The van der Waals surface area contributed by atoms with Gasteiger partial charge in [-0.3, -0.25) is 4.79 Å². The Morgan fingerprint density at radius 1 is 0.963 bits per heavy atom. The van der Waals surface area contributed by atoms with E-state index in [1.807, 2.05) is 79.7 Å². The van der Waals surface area contributed by atoms with Crippen molar-refractivity contribution in [3.63, 3.8) is 0 Å². The molecule has 1 aromatic heterocycles. The summed E-state index contributed by atoms with van der Waals surface area (Å²) in [7, 11) is 0. The summed E-state index contributed by atoms with van der Waals surface area (Å²) in [4.78, 5) is 13.8. The third-order valence-corrected chi connectivity index (χ3v) is 4.10. The van der Waals surface area contributed by atoms with Crippen LogP contribution in [0.1, 0.15) is 5.56 Å². The molecule has 0 saturated heterocycles. The summed E-state index contributed by atoms with van der Waals surface area (Å²) in [6.07, 6.45) is 0. The number of carbonyl (C=O) groups is 1. The van der Waals surface area contributed by atoms with E-state index in [0.29, 0.717) is 17.0 Å². The van der Waals surface area contributed by atoms with Crippen molar-refractivity contribution in [2.75, 3.05) is 11.9 Å². The smallest absolute Gasteiger partial charge is 0.262 e. The topological polar surface area (TPSA) is 69.0 Å². The summed E-state index contributed by atoms with van der Waals surface area (Å²) in [6.45, 7) is 1.87. The first kappa shape index (κ1) is 16.8. The molecule has 4 aromatic rings. The molecule has 6 nitrogen and oxygen atoms in total. The molecule has 134 valence electrons. The highest BCUT2D eigenvalue weighted by molar-refractivity contribution is 5.95. The molecule has 0 aliphatic heterocycles. The molecule has 0 unspecified atom stereocenters. The Balaban J connectivity index is 1.51. The van der Waals surface area contributed by atoms with Gasteiger partial charge in [0.25, 0.3) is 5.91 Å². The van der Waals surface area contributed by atoms with Crippen LogP contribution in [0.15, 0.2) is 72.8 Å². The van der Waals surface area contributed by atoms with Gasteiger partial charge in [-0.25, -0.2) is 0 Å². The SMILES string of the molecule is Cc1cc2nn(-c3ccccc3)nc2cc1NC(=O)COc1ccccc1. The van der Waals surface area contributed by atoms with Gasteiger partial charge in [0, 0.05) is 5.69 Å². The summed E-state index contributed by atoms with van der Waals surface area (Å²) in [5, 5.41) is 11.9. The zero-order valence-corrected chi connectivity index (χ0v) is 14.8. The van der Waals surface area contributed by atoms with Crippen molar-refractivity contribution in [2.24, 2.45) is 0 Å². The quantitative estimate of drug-likeness (QED) is 0.590. The number of rotatable bonds is 5. The molecule has 6 heteroatoms. The van der Waals surface area contributed by atoms with Crippen LogP contribution in [0, 0.1) is 6.92 Å². The number of benzene rings is 3. The van der Waals surface area contributed by atoms with E-state index in [-0.39, 0.29) is 12.5 Å². The monoisotopic (exact) mass is 358 g/mol. The number of para-hydroxylation sites is 2. The van der Waals surface area contributed by atoms with Crippen molar-refractivity contribution in [3.8, 4) is 11.4 Å². The van der Waals surface area contributed by atoms with E-state index in [4.69, 9.17) is 4.74 Å². The van der Waals surface area contributed by atoms with Crippen LogP contribution in [0.2, 0.25) is 0 Å². The summed E-state index contributed by atoms with van der Waals surface area (Å²) < 4.78 is 5.49. The van der Waals surface area contributed by atoms with Crippen LogP contribution in [0.25, 0.3) is 16.7 Å². The van der Waals surface area contributed by atoms with Crippen LogP contribution >= 0.6 is 0 Å². The van der Waals surface area contributed by atoms with E-state index >= 15 is 0 Å². The van der Waals surface area contributed by atoms with Gasteiger partial charge in [-0.15, -0.1) is 10.2 Å². The van der Waals surface area contributed by atoms with Gasteiger partial charge < -0.3 is 10.1 Å². The van der Waals surface area contributed by atoms with Crippen molar-refractivity contribution in [1.29, 1.82) is 0 Å². The van der Waals surface area contributed by atoms with Gasteiger partial charge in [0.1, 0.15) is 16.8 Å². The average molecular weight is 358 g/mol. The Morgan fingerprint density at radius 2 is 1.59 bits per heavy atom. The van der Waals surface area contributed by atoms with Crippen molar-refractivity contribution >= 4 is 22.6 Å². The Labute approximate surface area is 156 Å². The molecular formula is C21H18N4O2. The number of hydrogen-bond donors (Lipinski definition) is 1. The second kappa shape index (κ2) is 7.29. The second-order valence-corrected chi connectivity index (χ2v) is 6.13. The van der Waals surface area contributed by atoms with Crippen LogP contribution in [0.5, 0.6) is 5.75 Å². The van der Waals surface area contributed by atoms with Crippen molar-refractivity contribution in [2.45, 2.75) is 6.92 Å². The average Bonchev–Trinajstić information content (AvgIpc) is 3.11. The highest BCUT2D eigenvalue weighted by atomic mass is 16.5. The predicted octanol–water partition coefficient (Wildman–Crippen LogP) is 3.75. The first-order valence-corrected chi connectivity index (χ1v) is 8.60. The van der Waals surface area contributed by atoms with Gasteiger partial charge in [-0.1, -0.05) is 36.4 Å². The third kappa shape index (κ3) is 3.79. The lowest BCUT2D eigenvalue weighted by Gasteiger charge is -2.09. The van der Waals surface area contributed by atoms with E-state index in [1.165, 1.54) is 0 Å². The van der Waals surface area contributed by atoms with Gasteiger partial charge in [-0.2, -0.15) is 4.80 Å². The number of nitrogens with zero attached hydrogens (tertiary/aromatic N) is 3. The zero-order valence-electron chi connectivity index (χ0n) is 14.8. The van der Waals surface area contributed by atoms with Gasteiger partial charge in [0.2, 0.25) is 0 Å². The maximum atomic E-state index is 12.2. The largest absolute Gasteiger partial charge is 0.484 e. The highest BCUT2D eigenvalue weighted by Gasteiger charge is 2.11. The molecule has 1 heterocycles. The van der Waals surface area contributed by atoms with E-state index in [0.717, 1.165) is 16.8 Å². The van der Waals surface area contributed by atoms with Crippen LogP contribution in [-0.2, 0) is 4.79 Å². The molecule has 0 atom stereocenters. The maximum absolute atomic E-state index is 12.2. The molecule has 0 bridgehead atoms. The maximum Gasteiger partial charge on any atom is 0.262 e. The zero-order chi connectivity index (χ0) is 18.6. The van der Waals surface area contributed by atoms with Gasteiger partial charge in [0.15, 0.2) is 6.61 Å². The third-order valence-electron chi connectivity index (χ3n) is 4.10. The fourth-order valence-electron chi connectivity index (χ4n) is 2.73. The lowest BCUT2D eigenvalue weighted by atomic mass is 10.1. The van der Waals surface area contributed by atoms with Gasteiger partial charge >= 0.3 is 0 Å². The second-order valence-electron chi connectivity index (χ2n) is 6.13. The number of hydrogen-bond acceptors (Lipinski definition) is 4. The molecule has 3 aromatic carbocycles. The number of aromatic nitrogens is 3. The number of fused-ring (bicyclic) bond motifs is 1. The Morgan fingerprint density at radius 3 is 2.30 bits per heavy atom. The summed E-state index contributed by atoms with van der Waals surface area (Å²) in [5.74, 6) is 0.433. The Bertz CT molecular complexity index is 1080. The molecule has 27 heavy (non-hydrogen) atoms. The number of ether oxygens (including phenoxy) is 1. The molecule has 1 N–H and O–H groups in total. The summed E-state index contributed by atoms with van der Waals surface area (Å²) >= 11 is 0. The predicted molar refractivity (Wildman–Crippen MR) is 104 cm³/mol. The van der Waals surface area contributed by atoms with Gasteiger partial charge in [-0.05, 0) is 48.9 Å². The fraction of sp³-hybridized carbons (Fsp3) is 0.0952. The number of carbonyl (C=O) groups excluding carboxylic acids is 1. The number of amides is 1. The number of aryl methyl sites for hydroxylation is 1. The molecule has 0 aliphatic carbocycles. The van der Waals surface area contributed by atoms with Gasteiger partial charge in [0.05, 0.1) is 5.69 Å². The minimum absolute atomic E-state index is 0.0573. The molecule has 1 amide bonds. The summed E-state index contributed by atoms with van der Waals surface area (Å²) in [5.41, 5.74) is 3.98. The van der Waals surface area contributed by atoms with Crippen LogP contribution in [0.4, 0.5) is 5.69 Å². The molecule has 4 rings (SSSR count). The number of nitrogens with one attached hydrogen (secondary N) is 1. The summed E-state index contributed by atoms with van der Waals surface area (Å²) in [6, 6.07) is 22.7. The van der Waals surface area contributed by atoms with E-state index in [1.54, 1.807) is 4.80 Å². The van der Waals surface area contributed by atoms with Crippen molar-refractivity contribution in [1.82, 2.24) is 15.0 Å². The molecule has 0 aliphatic rings. The lowest BCUT2D eigenvalue weighted by Crippen LogP contribution is -2.20. The van der Waals surface area contributed by atoms with E-state index in [2.05, 4.69) is 15.5 Å². The fourth-order valence-corrected chi connectivity index (χ4v) is 2.73. The van der Waals surface area contributed by atoms with E-state index in [9.17, 15) is 4.79 Å². The first-order valence-electron chi connectivity index (χ1n) is 8.60. The first-order chi connectivity index (χ1) is 13.2. The Hall–Kier alpha value is -3.67. The Kier molecular flexibility index (Phi) is 4.53. The van der Waals surface area contributed by atoms with Crippen LogP contribution in [0.3, 0.4) is 0 Å². The van der Waals surface area contributed by atoms with Crippen LogP contribution < -0.4 is 10.1 Å². The molecule has 0 spiro atoms. The normalized spacial score (nSPS) is 10.7. The molecule has 0 radical (unpaired) electrons. The van der Waals surface area contributed by atoms with Crippen LogP contribution in [-0.4, -0.2) is 27.5 Å². The van der Waals surface area contributed by atoms with Crippen molar-refractivity contribution < 1.29 is 9.53 Å². The molecule has 0 saturated carbocycles. The minimum atomic E-state index is -0.225. The standard InChI is InChI=1S/C21H18N4O2/c1-15-12-19-20(24-25(23-19)16-8-4-2-5-9-16)13-18(15)22-21(26)14-27-17-10-6-3-7-11-17/h2-13H,14H2,1H3,(H,22,26). The number of anilines is 1. The van der Waals surface area contributed by atoms with E-state index < -0.39 is 0 Å². The van der Waals surface area contributed by atoms with Crippen molar-refractivity contribution in [3.05, 3.63) is 78.4 Å². The highest BCUT2D eigenvalue weighted by Crippen LogP contribution is 2.22. The molecular weight excluding hydrogens is 340 g/mol.